The second-order valence-electron chi connectivity index (χ2n) is 21.7. The van der Waals surface area contributed by atoms with Crippen molar-refractivity contribution >= 4 is 111 Å². The van der Waals surface area contributed by atoms with Gasteiger partial charge in [0.2, 0.25) is 0 Å². The lowest BCUT2D eigenvalue weighted by molar-refractivity contribution is 1.27. The Kier molecular flexibility index (Phi) is 13.6. The fourth-order valence-corrected chi connectivity index (χ4v) is 12.4. The van der Waals surface area contributed by atoms with E-state index in [9.17, 15) is 0 Å². The van der Waals surface area contributed by atoms with Gasteiger partial charge in [0.05, 0.1) is 22.7 Å². The van der Waals surface area contributed by atoms with Crippen LogP contribution in [-0.2, 0) is 0 Å². The van der Waals surface area contributed by atoms with Gasteiger partial charge in [0.1, 0.15) is 0 Å². The molecule has 0 N–H and O–H groups in total. The van der Waals surface area contributed by atoms with Gasteiger partial charge in [-0.1, -0.05) is 231 Å². The Labute approximate surface area is 502 Å². The monoisotopic (exact) mass is 1100 g/mol. The standard InChI is InChI=1S/C82H58N4/c1-3-27-67(28-4-1)83(79-35-15-23-63-19-7-11-31-75(63)79)71-51-55-73(56-52-71)85(81-37-17-25-65-21-9-13-33-77(65)81)69-47-43-61(44-48-69)59-39-41-60(42-40-59)62-45-49-70(50-46-62)86(82-38-18-26-66-22-10-14-34-78(66)82)74-57-53-72(54-58-74)84(68-29-5-2-6-30-68)80-36-16-24-64-20-8-12-32-76(64)80/h1-58H. The van der Waals surface area contributed by atoms with Gasteiger partial charge >= 0.3 is 0 Å². The van der Waals surface area contributed by atoms with Crippen molar-refractivity contribution in [2.24, 2.45) is 0 Å². The van der Waals surface area contributed by atoms with Gasteiger partial charge in [-0.05, 0) is 165 Å². The van der Waals surface area contributed by atoms with E-state index < -0.39 is 0 Å². The van der Waals surface area contributed by atoms with Crippen LogP contribution < -0.4 is 19.6 Å². The highest BCUT2D eigenvalue weighted by molar-refractivity contribution is 6.03. The van der Waals surface area contributed by atoms with Gasteiger partial charge in [0.15, 0.2) is 0 Å². The Morgan fingerprint density at radius 2 is 0.302 bits per heavy atom. The summed E-state index contributed by atoms with van der Waals surface area (Å²) in [6.45, 7) is 0. The molecule has 86 heavy (non-hydrogen) atoms. The molecule has 0 aliphatic heterocycles. The van der Waals surface area contributed by atoms with Gasteiger partial charge in [0, 0.05) is 67.0 Å². The van der Waals surface area contributed by atoms with Crippen molar-refractivity contribution in [2.45, 2.75) is 0 Å². The van der Waals surface area contributed by atoms with E-state index in [1.807, 2.05) is 0 Å². The van der Waals surface area contributed by atoms with E-state index in [4.69, 9.17) is 0 Å². The molecule has 15 rings (SSSR count). The van der Waals surface area contributed by atoms with E-state index in [1.165, 1.54) is 43.1 Å². The Morgan fingerprint density at radius 3 is 0.547 bits per heavy atom. The van der Waals surface area contributed by atoms with E-state index >= 15 is 0 Å². The Balaban J connectivity index is 0.731. The highest BCUT2D eigenvalue weighted by Crippen LogP contribution is 2.46. The molecule has 0 saturated heterocycles. The zero-order valence-corrected chi connectivity index (χ0v) is 47.3. The number of anilines is 12. The van der Waals surface area contributed by atoms with Crippen molar-refractivity contribution in [3.05, 3.63) is 352 Å². The molecule has 4 nitrogen and oxygen atoms in total. The summed E-state index contributed by atoms with van der Waals surface area (Å²) in [4.78, 5) is 9.49. The van der Waals surface area contributed by atoms with Gasteiger partial charge in [0.25, 0.3) is 0 Å². The van der Waals surface area contributed by atoms with Crippen LogP contribution in [-0.4, -0.2) is 0 Å². The van der Waals surface area contributed by atoms with Crippen LogP contribution in [0.25, 0.3) is 65.3 Å². The number of fused-ring (bicyclic) bond motifs is 4. The van der Waals surface area contributed by atoms with Crippen LogP contribution in [0, 0.1) is 0 Å². The van der Waals surface area contributed by atoms with E-state index in [2.05, 4.69) is 371 Å². The molecule has 0 saturated carbocycles. The third kappa shape index (κ3) is 9.81. The summed E-state index contributed by atoms with van der Waals surface area (Å²) in [5, 5.41) is 9.58. The fourth-order valence-electron chi connectivity index (χ4n) is 12.4. The lowest BCUT2D eigenvalue weighted by Crippen LogP contribution is -2.12. The molecule has 0 amide bonds. The number of benzene rings is 15. The SMILES string of the molecule is c1ccc(N(c2ccc(N(c3ccc(-c4ccc(-c5ccc(N(c6ccc(N(c7ccccc7)c7cccc8ccccc78)cc6)c6cccc7ccccc67)cc5)cc4)cc3)c3cccc4ccccc34)cc2)c2cccc3ccccc23)cc1. The molecule has 0 fully saturated rings. The first-order valence-corrected chi connectivity index (χ1v) is 29.4. The van der Waals surface area contributed by atoms with E-state index in [0.717, 1.165) is 90.5 Å². The second-order valence-corrected chi connectivity index (χ2v) is 21.7. The summed E-state index contributed by atoms with van der Waals surface area (Å²) >= 11 is 0. The molecule has 0 atom stereocenters. The minimum atomic E-state index is 1.07. The Hall–Kier alpha value is -11.5. The summed E-state index contributed by atoms with van der Waals surface area (Å²) in [6, 6.07) is 127. The van der Waals surface area contributed by atoms with E-state index in [-0.39, 0.29) is 0 Å². The molecule has 0 spiro atoms. The highest BCUT2D eigenvalue weighted by Gasteiger charge is 2.22. The van der Waals surface area contributed by atoms with Crippen LogP contribution in [0.5, 0.6) is 0 Å². The number of hydrogen-bond donors (Lipinski definition) is 0. The lowest BCUT2D eigenvalue weighted by atomic mass is 9.99. The first kappa shape index (κ1) is 51.4. The molecular weight excluding hydrogens is 1040 g/mol. The predicted octanol–water partition coefficient (Wildman–Crippen LogP) is 23.5. The van der Waals surface area contributed by atoms with E-state index in [1.54, 1.807) is 0 Å². The molecule has 0 aliphatic carbocycles. The molecule has 0 bridgehead atoms. The molecule has 4 heteroatoms. The first-order valence-electron chi connectivity index (χ1n) is 29.4. The predicted molar refractivity (Wildman–Crippen MR) is 366 cm³/mol. The average Bonchev–Trinajstić information content (AvgIpc) is 3.40. The summed E-state index contributed by atoms with van der Waals surface area (Å²) in [7, 11) is 0. The molecule has 0 radical (unpaired) electrons. The molecule has 15 aromatic rings. The fraction of sp³-hybridized carbons (Fsp3) is 0. The second kappa shape index (κ2) is 22.7. The first-order chi connectivity index (χ1) is 42.7. The van der Waals surface area contributed by atoms with Crippen LogP contribution in [0.4, 0.5) is 68.2 Å². The van der Waals surface area contributed by atoms with Gasteiger partial charge < -0.3 is 19.6 Å². The maximum atomic E-state index is 2.39. The summed E-state index contributed by atoms with van der Waals surface area (Å²) < 4.78 is 0. The summed E-state index contributed by atoms with van der Waals surface area (Å²) in [5.41, 5.74) is 17.8. The van der Waals surface area contributed by atoms with E-state index in [0.29, 0.717) is 0 Å². The molecule has 0 aromatic heterocycles. The van der Waals surface area contributed by atoms with Crippen LogP contribution in [0.15, 0.2) is 352 Å². The van der Waals surface area contributed by atoms with Crippen molar-refractivity contribution < 1.29 is 0 Å². The van der Waals surface area contributed by atoms with Gasteiger partial charge in [-0.15, -0.1) is 0 Å². The van der Waals surface area contributed by atoms with Crippen molar-refractivity contribution in [2.75, 3.05) is 19.6 Å². The number of rotatable bonds is 14. The molecule has 0 aliphatic rings. The average molecular weight is 1100 g/mol. The van der Waals surface area contributed by atoms with Crippen LogP contribution in [0.2, 0.25) is 0 Å². The van der Waals surface area contributed by atoms with Crippen molar-refractivity contribution in [1.82, 2.24) is 0 Å². The number of hydrogen-bond acceptors (Lipinski definition) is 4. The smallest absolute Gasteiger partial charge is 0.0540 e. The zero-order chi connectivity index (χ0) is 57.2. The minimum Gasteiger partial charge on any atom is -0.310 e. The van der Waals surface area contributed by atoms with Crippen LogP contribution in [0.3, 0.4) is 0 Å². The van der Waals surface area contributed by atoms with Crippen molar-refractivity contribution in [3.8, 4) is 22.3 Å². The van der Waals surface area contributed by atoms with Gasteiger partial charge in [-0.2, -0.15) is 0 Å². The largest absolute Gasteiger partial charge is 0.310 e. The van der Waals surface area contributed by atoms with Gasteiger partial charge in [-0.3, -0.25) is 0 Å². The number of nitrogens with zero attached hydrogens (tertiary/aromatic N) is 4. The zero-order valence-electron chi connectivity index (χ0n) is 47.3. The highest BCUT2D eigenvalue weighted by atomic mass is 15.2. The third-order valence-electron chi connectivity index (χ3n) is 16.6. The molecular formula is C82H58N4. The quantitative estimate of drug-likeness (QED) is 0.108. The van der Waals surface area contributed by atoms with Crippen LogP contribution in [0.1, 0.15) is 0 Å². The topological polar surface area (TPSA) is 13.0 Å². The molecule has 0 unspecified atom stereocenters. The lowest BCUT2D eigenvalue weighted by Gasteiger charge is -2.29. The maximum absolute atomic E-state index is 2.39. The normalized spacial score (nSPS) is 11.3. The third-order valence-corrected chi connectivity index (χ3v) is 16.6. The van der Waals surface area contributed by atoms with Crippen molar-refractivity contribution in [3.63, 3.8) is 0 Å². The maximum Gasteiger partial charge on any atom is 0.0540 e. The molecule has 406 valence electrons. The molecule has 0 heterocycles. The van der Waals surface area contributed by atoms with Crippen LogP contribution >= 0.6 is 0 Å². The Morgan fingerprint density at radius 1 is 0.128 bits per heavy atom. The molecule has 15 aromatic carbocycles. The minimum absolute atomic E-state index is 1.07. The Bertz CT molecular complexity index is 4520. The number of para-hydroxylation sites is 2. The summed E-state index contributed by atoms with van der Waals surface area (Å²) in [6.07, 6.45) is 0. The van der Waals surface area contributed by atoms with Gasteiger partial charge in [-0.25, -0.2) is 0 Å². The van der Waals surface area contributed by atoms with Crippen molar-refractivity contribution in [1.29, 1.82) is 0 Å². The summed E-state index contributed by atoms with van der Waals surface area (Å²) in [5.74, 6) is 0.